The molecule has 0 atom stereocenters. The molecule has 1 aliphatic carbocycles. The molecule has 2 fully saturated rings. The van der Waals surface area contributed by atoms with Gasteiger partial charge in [-0.05, 0) is 33.1 Å². The molecule has 1 aliphatic heterocycles. The van der Waals surface area contributed by atoms with Gasteiger partial charge in [-0.15, -0.1) is 0 Å². The van der Waals surface area contributed by atoms with E-state index < -0.39 is 11.1 Å². The SMILES string of the molecule is CC(C)(O)CCN1C(=O)NC2(CCCCCCC2)C1=O. The van der Waals surface area contributed by atoms with Crippen molar-refractivity contribution in [3.8, 4) is 0 Å². The number of carbonyl (C=O) groups excluding carboxylic acids is 2. The summed E-state index contributed by atoms with van der Waals surface area (Å²) in [5, 5.41) is 12.7. The van der Waals surface area contributed by atoms with E-state index in [1.165, 1.54) is 11.3 Å². The van der Waals surface area contributed by atoms with Crippen molar-refractivity contribution in [2.24, 2.45) is 0 Å². The van der Waals surface area contributed by atoms with Gasteiger partial charge in [0.25, 0.3) is 5.91 Å². The zero-order valence-corrected chi connectivity index (χ0v) is 12.6. The normalized spacial score (nSPS) is 23.6. The number of amides is 3. The van der Waals surface area contributed by atoms with Gasteiger partial charge >= 0.3 is 6.03 Å². The number of nitrogens with one attached hydrogen (secondary N) is 1. The van der Waals surface area contributed by atoms with Crippen molar-refractivity contribution in [1.82, 2.24) is 10.2 Å². The van der Waals surface area contributed by atoms with E-state index in [1.807, 2.05) is 0 Å². The van der Waals surface area contributed by atoms with Gasteiger partial charge in [0.05, 0.1) is 5.60 Å². The molecule has 114 valence electrons. The van der Waals surface area contributed by atoms with Crippen LogP contribution in [0.3, 0.4) is 0 Å². The molecule has 5 heteroatoms. The molecule has 1 saturated carbocycles. The molecular formula is C15H26N2O3. The molecule has 0 unspecified atom stereocenters. The maximum atomic E-state index is 12.6. The van der Waals surface area contributed by atoms with E-state index in [0.717, 1.165) is 38.5 Å². The molecule has 1 spiro atoms. The first-order valence-electron chi connectivity index (χ1n) is 7.71. The van der Waals surface area contributed by atoms with Crippen molar-refractivity contribution >= 4 is 11.9 Å². The van der Waals surface area contributed by atoms with E-state index in [0.29, 0.717) is 6.42 Å². The third-order valence-corrected chi connectivity index (χ3v) is 4.40. The monoisotopic (exact) mass is 282 g/mol. The molecule has 0 radical (unpaired) electrons. The van der Waals surface area contributed by atoms with E-state index in [-0.39, 0.29) is 18.5 Å². The van der Waals surface area contributed by atoms with Crippen LogP contribution < -0.4 is 5.32 Å². The first-order valence-corrected chi connectivity index (χ1v) is 7.71. The second kappa shape index (κ2) is 5.72. The number of hydrogen-bond acceptors (Lipinski definition) is 3. The van der Waals surface area contributed by atoms with Gasteiger partial charge in [-0.3, -0.25) is 9.69 Å². The van der Waals surface area contributed by atoms with Crippen LogP contribution in [-0.2, 0) is 4.79 Å². The predicted octanol–water partition coefficient (Wildman–Crippen LogP) is 2.18. The van der Waals surface area contributed by atoms with Crippen molar-refractivity contribution in [3.63, 3.8) is 0 Å². The fraction of sp³-hybridized carbons (Fsp3) is 0.867. The van der Waals surface area contributed by atoms with Gasteiger partial charge in [0.15, 0.2) is 0 Å². The zero-order chi connectivity index (χ0) is 14.8. The molecule has 1 heterocycles. The van der Waals surface area contributed by atoms with Crippen LogP contribution in [0.15, 0.2) is 0 Å². The second-order valence-corrected chi connectivity index (χ2v) is 6.80. The molecular weight excluding hydrogens is 256 g/mol. The summed E-state index contributed by atoms with van der Waals surface area (Å²) in [6.07, 6.45) is 7.37. The number of urea groups is 1. The summed E-state index contributed by atoms with van der Waals surface area (Å²) < 4.78 is 0. The van der Waals surface area contributed by atoms with Crippen LogP contribution in [0.2, 0.25) is 0 Å². The smallest absolute Gasteiger partial charge is 0.325 e. The van der Waals surface area contributed by atoms with Crippen molar-refractivity contribution in [3.05, 3.63) is 0 Å². The Hall–Kier alpha value is -1.10. The number of carbonyl (C=O) groups is 2. The summed E-state index contributed by atoms with van der Waals surface area (Å²) in [4.78, 5) is 26.0. The molecule has 0 bridgehead atoms. The summed E-state index contributed by atoms with van der Waals surface area (Å²) in [7, 11) is 0. The molecule has 2 N–H and O–H groups in total. The van der Waals surface area contributed by atoms with Crippen LogP contribution >= 0.6 is 0 Å². The maximum absolute atomic E-state index is 12.6. The van der Waals surface area contributed by atoms with Crippen LogP contribution in [-0.4, -0.2) is 39.6 Å². The van der Waals surface area contributed by atoms with Gasteiger partial charge < -0.3 is 10.4 Å². The largest absolute Gasteiger partial charge is 0.390 e. The minimum Gasteiger partial charge on any atom is -0.390 e. The van der Waals surface area contributed by atoms with Crippen molar-refractivity contribution in [2.75, 3.05) is 6.54 Å². The average molecular weight is 282 g/mol. The number of aliphatic hydroxyl groups is 1. The number of imide groups is 1. The minimum absolute atomic E-state index is 0.0892. The Morgan fingerprint density at radius 1 is 1.15 bits per heavy atom. The molecule has 0 aromatic rings. The Labute approximate surface area is 120 Å². The fourth-order valence-electron chi connectivity index (χ4n) is 3.11. The standard InChI is InChI=1S/C15H26N2O3/c1-14(2,20)10-11-17-12(18)15(16-13(17)19)8-6-4-3-5-7-9-15/h20H,3-11H2,1-2H3,(H,16,19). The van der Waals surface area contributed by atoms with Gasteiger partial charge in [-0.2, -0.15) is 0 Å². The minimum atomic E-state index is -0.864. The van der Waals surface area contributed by atoms with Crippen LogP contribution in [0.1, 0.15) is 65.2 Å². The lowest BCUT2D eigenvalue weighted by Crippen LogP contribution is -2.47. The number of nitrogens with zero attached hydrogens (tertiary/aromatic N) is 1. The maximum Gasteiger partial charge on any atom is 0.325 e. The van der Waals surface area contributed by atoms with Crippen molar-refractivity contribution < 1.29 is 14.7 Å². The molecule has 2 rings (SSSR count). The first kappa shape index (κ1) is 15.3. The Bertz CT molecular complexity index is 379. The van der Waals surface area contributed by atoms with Crippen molar-refractivity contribution in [1.29, 1.82) is 0 Å². The van der Waals surface area contributed by atoms with E-state index in [2.05, 4.69) is 5.32 Å². The average Bonchev–Trinajstić information content (AvgIpc) is 2.54. The summed E-state index contributed by atoms with van der Waals surface area (Å²) in [6, 6.07) is -0.292. The Morgan fingerprint density at radius 3 is 2.25 bits per heavy atom. The highest BCUT2D eigenvalue weighted by molar-refractivity contribution is 6.07. The Balaban J connectivity index is 2.06. The lowest BCUT2D eigenvalue weighted by molar-refractivity contribution is -0.132. The summed E-state index contributed by atoms with van der Waals surface area (Å²) in [5.41, 5.74) is -1.53. The molecule has 3 amide bonds. The Kier molecular flexibility index (Phi) is 4.37. The zero-order valence-electron chi connectivity index (χ0n) is 12.6. The van der Waals surface area contributed by atoms with Crippen molar-refractivity contribution in [2.45, 2.75) is 76.4 Å². The summed E-state index contributed by atoms with van der Waals surface area (Å²) in [5.74, 6) is -0.0892. The third kappa shape index (κ3) is 3.32. The molecule has 5 nitrogen and oxygen atoms in total. The van der Waals surface area contributed by atoms with Crippen LogP contribution in [0.4, 0.5) is 4.79 Å². The lowest BCUT2D eigenvalue weighted by atomic mass is 9.84. The van der Waals surface area contributed by atoms with Crippen LogP contribution in [0.25, 0.3) is 0 Å². The highest BCUT2D eigenvalue weighted by Gasteiger charge is 2.50. The topological polar surface area (TPSA) is 69.6 Å². The molecule has 0 aromatic carbocycles. The molecule has 2 aliphatic rings. The summed E-state index contributed by atoms with van der Waals surface area (Å²) >= 11 is 0. The van der Waals surface area contributed by atoms with Crippen LogP contribution in [0.5, 0.6) is 0 Å². The molecule has 1 saturated heterocycles. The molecule has 20 heavy (non-hydrogen) atoms. The lowest BCUT2D eigenvalue weighted by Gasteiger charge is -2.29. The van der Waals surface area contributed by atoms with Crippen LogP contribution in [0, 0.1) is 0 Å². The van der Waals surface area contributed by atoms with Gasteiger partial charge in [-0.1, -0.05) is 32.1 Å². The summed E-state index contributed by atoms with van der Waals surface area (Å²) in [6.45, 7) is 3.67. The van der Waals surface area contributed by atoms with E-state index >= 15 is 0 Å². The number of hydrogen-bond donors (Lipinski definition) is 2. The van der Waals surface area contributed by atoms with E-state index in [4.69, 9.17) is 0 Å². The second-order valence-electron chi connectivity index (χ2n) is 6.80. The van der Waals surface area contributed by atoms with Gasteiger partial charge in [0.1, 0.15) is 5.54 Å². The van der Waals surface area contributed by atoms with Gasteiger partial charge in [0, 0.05) is 6.54 Å². The fourth-order valence-corrected chi connectivity index (χ4v) is 3.11. The Morgan fingerprint density at radius 2 is 1.70 bits per heavy atom. The third-order valence-electron chi connectivity index (χ3n) is 4.40. The first-order chi connectivity index (χ1) is 9.34. The van der Waals surface area contributed by atoms with E-state index in [1.54, 1.807) is 13.8 Å². The van der Waals surface area contributed by atoms with E-state index in [9.17, 15) is 14.7 Å². The number of rotatable bonds is 3. The molecule has 0 aromatic heterocycles. The highest BCUT2D eigenvalue weighted by atomic mass is 16.3. The quantitative estimate of drug-likeness (QED) is 0.780. The van der Waals surface area contributed by atoms with Gasteiger partial charge in [-0.25, -0.2) is 4.79 Å². The predicted molar refractivity (Wildman–Crippen MR) is 76.2 cm³/mol. The highest BCUT2D eigenvalue weighted by Crippen LogP contribution is 2.32. The van der Waals surface area contributed by atoms with Gasteiger partial charge in [0.2, 0.25) is 0 Å².